The number of hydrogen-bond donors (Lipinski definition) is 1. The Morgan fingerprint density at radius 2 is 1.79 bits per heavy atom. The molecular formula is C17H23FN4OS. The molecule has 1 heterocycles. The molecule has 2 aromatic rings. The Hall–Kier alpha value is -1.89. The fourth-order valence-electron chi connectivity index (χ4n) is 2.60. The molecule has 1 aromatic heterocycles. The van der Waals surface area contributed by atoms with E-state index in [0.717, 1.165) is 0 Å². The van der Waals surface area contributed by atoms with E-state index < -0.39 is 0 Å². The van der Waals surface area contributed by atoms with Crippen molar-refractivity contribution in [3.8, 4) is 11.4 Å². The van der Waals surface area contributed by atoms with Crippen LogP contribution in [0.2, 0.25) is 0 Å². The number of halogens is 1. The number of H-pyrrole nitrogens is 1. The van der Waals surface area contributed by atoms with Gasteiger partial charge in [0.05, 0.1) is 10.8 Å². The lowest BCUT2D eigenvalue weighted by Crippen LogP contribution is -2.45. The van der Waals surface area contributed by atoms with Gasteiger partial charge in [-0.2, -0.15) is 0 Å². The smallest absolute Gasteiger partial charge is 0.236 e. The Balaban J connectivity index is 2.12. The number of amides is 1. The number of carbonyl (C=O) groups is 1. The fraction of sp³-hybridized carbons (Fsp3) is 0.471. The van der Waals surface area contributed by atoms with Crippen molar-refractivity contribution < 1.29 is 9.18 Å². The van der Waals surface area contributed by atoms with Crippen LogP contribution in [0, 0.1) is 5.82 Å². The zero-order valence-corrected chi connectivity index (χ0v) is 15.4. The second kappa shape index (κ2) is 7.79. The number of carbonyl (C=O) groups excluding carboxylic acids is 1. The van der Waals surface area contributed by atoms with E-state index in [4.69, 9.17) is 0 Å². The molecule has 0 saturated heterocycles. The van der Waals surface area contributed by atoms with E-state index in [2.05, 4.69) is 15.2 Å². The maximum Gasteiger partial charge on any atom is 0.236 e. The van der Waals surface area contributed by atoms with Crippen LogP contribution in [-0.2, 0) is 4.79 Å². The third-order valence-electron chi connectivity index (χ3n) is 3.59. The average molecular weight is 350 g/mol. The summed E-state index contributed by atoms with van der Waals surface area (Å²) in [6.07, 6.45) is 0. The van der Waals surface area contributed by atoms with Crippen molar-refractivity contribution in [1.29, 1.82) is 0 Å². The molecule has 24 heavy (non-hydrogen) atoms. The molecule has 0 radical (unpaired) electrons. The van der Waals surface area contributed by atoms with Crippen LogP contribution in [0.3, 0.4) is 0 Å². The first-order valence-corrected chi connectivity index (χ1v) is 8.85. The highest BCUT2D eigenvalue weighted by atomic mass is 32.2. The lowest BCUT2D eigenvalue weighted by Gasteiger charge is -2.32. The van der Waals surface area contributed by atoms with E-state index in [1.54, 1.807) is 18.2 Å². The predicted molar refractivity (Wildman–Crippen MR) is 94.2 cm³/mol. The summed E-state index contributed by atoms with van der Waals surface area (Å²) in [6.45, 7) is 9.83. The van der Waals surface area contributed by atoms with Gasteiger partial charge in [0.15, 0.2) is 5.82 Å². The van der Waals surface area contributed by atoms with E-state index in [-0.39, 0.29) is 29.1 Å². The molecule has 0 aliphatic heterocycles. The number of rotatable bonds is 6. The summed E-state index contributed by atoms with van der Waals surface area (Å²) in [6, 6.07) is 6.63. The van der Waals surface area contributed by atoms with E-state index in [1.807, 2.05) is 39.5 Å². The molecule has 0 saturated carbocycles. The van der Waals surface area contributed by atoms with Crippen molar-refractivity contribution >= 4 is 17.7 Å². The number of nitrogens with zero attached hydrogens (tertiary/aromatic N) is 3. The highest BCUT2D eigenvalue weighted by Crippen LogP contribution is 2.25. The molecule has 1 N–H and O–H groups in total. The quantitative estimate of drug-likeness (QED) is 0.806. The molecule has 7 heteroatoms. The SMILES string of the molecule is CC(C)N(C(=O)[C@@H](C)Sc1n[nH]c(-c2ccccc2F)n1)C(C)C. The molecular weight excluding hydrogens is 327 g/mol. The Morgan fingerprint density at radius 1 is 1.17 bits per heavy atom. The summed E-state index contributed by atoms with van der Waals surface area (Å²) in [7, 11) is 0. The Kier molecular flexibility index (Phi) is 5.99. The van der Waals surface area contributed by atoms with Crippen LogP contribution in [0.1, 0.15) is 34.6 Å². The summed E-state index contributed by atoms with van der Waals surface area (Å²) >= 11 is 1.27. The summed E-state index contributed by atoms with van der Waals surface area (Å²) in [5.41, 5.74) is 0.363. The summed E-state index contributed by atoms with van der Waals surface area (Å²) in [5.74, 6) is 0.0437. The highest BCUT2D eigenvalue weighted by molar-refractivity contribution is 8.00. The first-order valence-electron chi connectivity index (χ1n) is 7.97. The van der Waals surface area contributed by atoms with Gasteiger partial charge in [0.25, 0.3) is 0 Å². The number of benzene rings is 1. The van der Waals surface area contributed by atoms with Crippen molar-refractivity contribution in [2.24, 2.45) is 0 Å². The molecule has 0 aliphatic carbocycles. The first-order chi connectivity index (χ1) is 11.3. The van der Waals surface area contributed by atoms with Crippen LogP contribution in [0.15, 0.2) is 29.4 Å². The molecule has 1 aromatic carbocycles. The van der Waals surface area contributed by atoms with E-state index in [9.17, 15) is 9.18 Å². The third-order valence-corrected chi connectivity index (χ3v) is 4.54. The Bertz CT molecular complexity index is 693. The van der Waals surface area contributed by atoms with Crippen LogP contribution >= 0.6 is 11.8 Å². The minimum absolute atomic E-state index is 0.0437. The molecule has 0 spiro atoms. The monoisotopic (exact) mass is 350 g/mol. The zero-order valence-electron chi connectivity index (χ0n) is 14.6. The van der Waals surface area contributed by atoms with Crippen LogP contribution in [0.4, 0.5) is 4.39 Å². The highest BCUT2D eigenvalue weighted by Gasteiger charge is 2.26. The van der Waals surface area contributed by atoms with Gasteiger partial charge in [-0.15, -0.1) is 5.10 Å². The number of thioether (sulfide) groups is 1. The first kappa shape index (κ1) is 18.4. The van der Waals surface area contributed by atoms with Gasteiger partial charge in [0.2, 0.25) is 11.1 Å². The summed E-state index contributed by atoms with van der Waals surface area (Å²) in [4.78, 5) is 18.8. The van der Waals surface area contributed by atoms with Gasteiger partial charge in [-0.25, -0.2) is 9.37 Å². The van der Waals surface area contributed by atoms with Crippen LogP contribution in [0.5, 0.6) is 0 Å². The van der Waals surface area contributed by atoms with Gasteiger partial charge in [0, 0.05) is 12.1 Å². The number of aromatic nitrogens is 3. The standard InChI is InChI=1S/C17H23FN4OS/c1-10(2)22(11(3)4)16(23)12(5)24-17-19-15(20-21-17)13-8-6-7-9-14(13)18/h6-12H,1-5H3,(H,19,20,21)/t12-/m1/s1. The molecule has 2 rings (SSSR count). The van der Waals surface area contributed by atoms with E-state index in [0.29, 0.717) is 16.5 Å². The van der Waals surface area contributed by atoms with E-state index in [1.165, 1.54) is 17.8 Å². The topological polar surface area (TPSA) is 61.9 Å². The second-order valence-electron chi connectivity index (χ2n) is 6.14. The van der Waals surface area contributed by atoms with Gasteiger partial charge in [-0.05, 0) is 46.8 Å². The molecule has 0 fully saturated rings. The van der Waals surface area contributed by atoms with Gasteiger partial charge in [-0.3, -0.25) is 9.89 Å². The van der Waals surface area contributed by atoms with Crippen molar-refractivity contribution in [2.45, 2.75) is 57.1 Å². The molecule has 1 atom stereocenters. The minimum Gasteiger partial charge on any atom is -0.337 e. The van der Waals surface area contributed by atoms with Crippen LogP contribution in [-0.4, -0.2) is 43.3 Å². The van der Waals surface area contributed by atoms with Crippen molar-refractivity contribution in [3.63, 3.8) is 0 Å². The number of aromatic amines is 1. The number of hydrogen-bond acceptors (Lipinski definition) is 4. The molecule has 0 aliphatic rings. The van der Waals surface area contributed by atoms with Gasteiger partial charge in [0.1, 0.15) is 5.82 Å². The molecule has 130 valence electrons. The van der Waals surface area contributed by atoms with Crippen LogP contribution in [0.25, 0.3) is 11.4 Å². The molecule has 0 unspecified atom stereocenters. The number of nitrogens with one attached hydrogen (secondary N) is 1. The summed E-state index contributed by atoms with van der Waals surface area (Å²) in [5, 5.41) is 6.94. The van der Waals surface area contributed by atoms with Crippen molar-refractivity contribution in [2.75, 3.05) is 0 Å². The van der Waals surface area contributed by atoms with Gasteiger partial charge in [-0.1, -0.05) is 23.9 Å². The zero-order chi connectivity index (χ0) is 17.9. The molecule has 5 nitrogen and oxygen atoms in total. The lowest BCUT2D eigenvalue weighted by molar-refractivity contribution is -0.133. The molecule has 0 bridgehead atoms. The molecule has 1 amide bonds. The Morgan fingerprint density at radius 3 is 2.38 bits per heavy atom. The van der Waals surface area contributed by atoms with Gasteiger partial charge >= 0.3 is 0 Å². The normalized spacial score (nSPS) is 12.7. The van der Waals surface area contributed by atoms with Gasteiger partial charge < -0.3 is 4.90 Å². The largest absolute Gasteiger partial charge is 0.337 e. The lowest BCUT2D eigenvalue weighted by atomic mass is 10.2. The fourth-order valence-corrected chi connectivity index (χ4v) is 3.38. The van der Waals surface area contributed by atoms with Crippen molar-refractivity contribution in [1.82, 2.24) is 20.1 Å². The van der Waals surface area contributed by atoms with E-state index >= 15 is 0 Å². The predicted octanol–water partition coefficient (Wildman–Crippen LogP) is 3.74. The Labute approximate surface area is 146 Å². The van der Waals surface area contributed by atoms with Crippen molar-refractivity contribution in [3.05, 3.63) is 30.1 Å². The maximum absolute atomic E-state index is 13.8. The second-order valence-corrected chi connectivity index (χ2v) is 7.45. The van der Waals surface area contributed by atoms with Crippen LogP contribution < -0.4 is 0 Å². The minimum atomic E-state index is -0.361. The average Bonchev–Trinajstić information content (AvgIpc) is 2.95. The summed E-state index contributed by atoms with van der Waals surface area (Å²) < 4.78 is 13.8. The maximum atomic E-state index is 13.8. The third kappa shape index (κ3) is 4.14.